The summed E-state index contributed by atoms with van der Waals surface area (Å²) in [6.45, 7) is 2.58. The molecule has 0 aliphatic heterocycles. The zero-order chi connectivity index (χ0) is 11.8. The molecule has 0 fully saturated rings. The summed E-state index contributed by atoms with van der Waals surface area (Å²) in [7, 11) is 0. The van der Waals surface area contributed by atoms with Gasteiger partial charge >= 0.3 is 0 Å². The standard InChI is InChI=1S/C12H18N4/c1-3-5-10(4-2)16-12(8-13)11-6-7-14-9-15-11/h2,6-7,9-10,12,16H,3,5,8,13H2,1H3. The molecule has 0 aliphatic rings. The van der Waals surface area contributed by atoms with E-state index in [4.69, 9.17) is 12.2 Å². The van der Waals surface area contributed by atoms with Crippen LogP contribution in [0, 0.1) is 12.3 Å². The highest BCUT2D eigenvalue weighted by Crippen LogP contribution is 2.09. The van der Waals surface area contributed by atoms with Crippen molar-refractivity contribution in [3.8, 4) is 12.3 Å². The molecule has 4 nitrogen and oxygen atoms in total. The van der Waals surface area contributed by atoms with Gasteiger partial charge in [0.05, 0.1) is 17.8 Å². The summed E-state index contributed by atoms with van der Waals surface area (Å²) in [5, 5.41) is 3.32. The maximum atomic E-state index is 5.71. The fourth-order valence-electron chi connectivity index (χ4n) is 1.53. The number of nitrogens with zero attached hydrogens (tertiary/aromatic N) is 2. The Bertz CT molecular complexity index is 331. The monoisotopic (exact) mass is 218 g/mol. The lowest BCUT2D eigenvalue weighted by molar-refractivity contribution is 0.467. The van der Waals surface area contributed by atoms with Crippen LogP contribution in [0.15, 0.2) is 18.6 Å². The lowest BCUT2D eigenvalue weighted by Crippen LogP contribution is -2.36. The molecule has 0 saturated heterocycles. The zero-order valence-corrected chi connectivity index (χ0v) is 9.56. The highest BCUT2D eigenvalue weighted by Gasteiger charge is 2.14. The molecule has 2 atom stereocenters. The van der Waals surface area contributed by atoms with Gasteiger partial charge in [-0.3, -0.25) is 5.32 Å². The van der Waals surface area contributed by atoms with Crippen molar-refractivity contribution in [1.82, 2.24) is 15.3 Å². The third-order valence-corrected chi connectivity index (χ3v) is 2.38. The number of hydrogen-bond donors (Lipinski definition) is 2. The Kier molecular flexibility index (Phi) is 5.48. The van der Waals surface area contributed by atoms with Crippen molar-refractivity contribution in [2.75, 3.05) is 6.54 Å². The van der Waals surface area contributed by atoms with Gasteiger partial charge in [0.25, 0.3) is 0 Å². The Balaban J connectivity index is 2.65. The smallest absolute Gasteiger partial charge is 0.115 e. The number of nitrogens with one attached hydrogen (secondary N) is 1. The maximum Gasteiger partial charge on any atom is 0.115 e. The third-order valence-electron chi connectivity index (χ3n) is 2.38. The van der Waals surface area contributed by atoms with Crippen LogP contribution in [0.4, 0.5) is 0 Å². The highest BCUT2D eigenvalue weighted by atomic mass is 15.0. The third kappa shape index (κ3) is 3.61. The van der Waals surface area contributed by atoms with Crippen molar-refractivity contribution in [1.29, 1.82) is 0 Å². The topological polar surface area (TPSA) is 63.8 Å². The van der Waals surface area contributed by atoms with E-state index in [1.165, 1.54) is 6.33 Å². The van der Waals surface area contributed by atoms with Gasteiger partial charge in [0.15, 0.2) is 0 Å². The molecule has 3 N–H and O–H groups in total. The Morgan fingerprint density at radius 3 is 2.94 bits per heavy atom. The summed E-state index contributed by atoms with van der Waals surface area (Å²) in [6.07, 6.45) is 10.7. The van der Waals surface area contributed by atoms with Crippen LogP contribution in [0.1, 0.15) is 31.5 Å². The van der Waals surface area contributed by atoms with Crippen molar-refractivity contribution in [3.05, 3.63) is 24.3 Å². The Morgan fingerprint density at radius 1 is 1.62 bits per heavy atom. The molecule has 0 spiro atoms. The molecular formula is C12H18N4. The van der Waals surface area contributed by atoms with Gasteiger partial charge in [-0.2, -0.15) is 0 Å². The van der Waals surface area contributed by atoms with Gasteiger partial charge < -0.3 is 5.73 Å². The second-order valence-corrected chi connectivity index (χ2v) is 3.60. The average Bonchev–Trinajstić information content (AvgIpc) is 2.35. The second kappa shape index (κ2) is 6.94. The minimum atomic E-state index is -0.00407. The lowest BCUT2D eigenvalue weighted by Gasteiger charge is -2.20. The van der Waals surface area contributed by atoms with E-state index in [0.29, 0.717) is 6.54 Å². The first kappa shape index (κ1) is 12.6. The molecule has 86 valence electrons. The van der Waals surface area contributed by atoms with E-state index in [1.54, 1.807) is 6.20 Å². The molecule has 1 aromatic rings. The van der Waals surface area contributed by atoms with Crippen molar-refractivity contribution >= 4 is 0 Å². The molecule has 1 rings (SSSR count). The van der Waals surface area contributed by atoms with Gasteiger partial charge in [-0.15, -0.1) is 6.42 Å². The number of terminal acetylenes is 1. The summed E-state index contributed by atoms with van der Waals surface area (Å²) in [6, 6.07) is 1.90. The van der Waals surface area contributed by atoms with Crippen molar-refractivity contribution in [2.24, 2.45) is 5.73 Å². The lowest BCUT2D eigenvalue weighted by atomic mass is 10.1. The van der Waals surface area contributed by atoms with Gasteiger partial charge in [0, 0.05) is 12.7 Å². The van der Waals surface area contributed by atoms with Crippen LogP contribution in [-0.2, 0) is 0 Å². The van der Waals surface area contributed by atoms with E-state index in [9.17, 15) is 0 Å². The Morgan fingerprint density at radius 2 is 2.44 bits per heavy atom. The predicted octanol–water partition coefficient (Wildman–Crippen LogP) is 0.868. The largest absolute Gasteiger partial charge is 0.329 e. The first-order chi connectivity index (χ1) is 7.81. The van der Waals surface area contributed by atoms with Crippen molar-refractivity contribution < 1.29 is 0 Å². The molecule has 0 bridgehead atoms. The van der Waals surface area contributed by atoms with E-state index >= 15 is 0 Å². The first-order valence-electron chi connectivity index (χ1n) is 5.50. The van der Waals surface area contributed by atoms with Gasteiger partial charge in [-0.05, 0) is 12.5 Å². The van der Waals surface area contributed by atoms with Crippen LogP contribution in [0.3, 0.4) is 0 Å². The number of nitrogens with two attached hydrogens (primary N) is 1. The second-order valence-electron chi connectivity index (χ2n) is 3.60. The van der Waals surface area contributed by atoms with E-state index in [1.807, 2.05) is 6.07 Å². The summed E-state index contributed by atoms with van der Waals surface area (Å²) in [5.41, 5.74) is 6.60. The fourth-order valence-corrected chi connectivity index (χ4v) is 1.53. The zero-order valence-electron chi connectivity index (χ0n) is 9.56. The number of hydrogen-bond acceptors (Lipinski definition) is 4. The molecular weight excluding hydrogens is 200 g/mol. The van der Waals surface area contributed by atoms with Crippen LogP contribution < -0.4 is 11.1 Å². The van der Waals surface area contributed by atoms with Gasteiger partial charge in [0.1, 0.15) is 6.33 Å². The summed E-state index contributed by atoms with van der Waals surface area (Å²) >= 11 is 0. The Hall–Kier alpha value is -1.44. The normalized spacial score (nSPS) is 14.1. The van der Waals surface area contributed by atoms with Crippen LogP contribution in [-0.4, -0.2) is 22.6 Å². The van der Waals surface area contributed by atoms with Gasteiger partial charge in [-0.1, -0.05) is 19.3 Å². The molecule has 0 radical (unpaired) electrons. The van der Waals surface area contributed by atoms with Crippen molar-refractivity contribution in [2.45, 2.75) is 31.8 Å². The molecule has 0 saturated carbocycles. The average molecular weight is 218 g/mol. The molecule has 1 aromatic heterocycles. The summed E-state index contributed by atoms with van der Waals surface area (Å²) in [5.74, 6) is 2.73. The van der Waals surface area contributed by atoms with Crippen LogP contribution >= 0.6 is 0 Å². The Labute approximate surface area is 96.7 Å². The minimum Gasteiger partial charge on any atom is -0.329 e. The van der Waals surface area contributed by atoms with Crippen LogP contribution in [0.25, 0.3) is 0 Å². The van der Waals surface area contributed by atoms with E-state index < -0.39 is 0 Å². The van der Waals surface area contributed by atoms with Gasteiger partial charge in [0.2, 0.25) is 0 Å². The van der Waals surface area contributed by atoms with E-state index in [2.05, 4.69) is 28.1 Å². The molecule has 0 aliphatic carbocycles. The quantitative estimate of drug-likeness (QED) is 0.695. The molecule has 0 amide bonds. The molecule has 4 heteroatoms. The molecule has 16 heavy (non-hydrogen) atoms. The predicted molar refractivity (Wildman–Crippen MR) is 64.5 cm³/mol. The SMILES string of the molecule is C#CC(CCC)NC(CN)c1ccncn1. The van der Waals surface area contributed by atoms with E-state index in [-0.39, 0.29) is 12.1 Å². The van der Waals surface area contributed by atoms with E-state index in [0.717, 1.165) is 18.5 Å². The molecule has 1 heterocycles. The van der Waals surface area contributed by atoms with Crippen LogP contribution in [0.5, 0.6) is 0 Å². The highest BCUT2D eigenvalue weighted by molar-refractivity contribution is 5.08. The first-order valence-corrected chi connectivity index (χ1v) is 5.50. The maximum absolute atomic E-state index is 5.71. The molecule has 2 unspecified atom stereocenters. The fraction of sp³-hybridized carbons (Fsp3) is 0.500. The molecule has 0 aromatic carbocycles. The summed E-state index contributed by atoms with van der Waals surface area (Å²) < 4.78 is 0. The summed E-state index contributed by atoms with van der Waals surface area (Å²) in [4.78, 5) is 8.05. The van der Waals surface area contributed by atoms with Gasteiger partial charge in [-0.25, -0.2) is 9.97 Å². The number of aromatic nitrogens is 2. The van der Waals surface area contributed by atoms with Crippen molar-refractivity contribution in [3.63, 3.8) is 0 Å². The van der Waals surface area contributed by atoms with Crippen LogP contribution in [0.2, 0.25) is 0 Å². The number of rotatable bonds is 6. The minimum absolute atomic E-state index is 0.00407.